The molecule has 1 aliphatic rings. The van der Waals surface area contributed by atoms with Gasteiger partial charge in [0, 0.05) is 30.3 Å². The minimum absolute atomic E-state index is 0.0529. The normalized spacial score (nSPS) is 13.8. The van der Waals surface area contributed by atoms with E-state index in [-0.39, 0.29) is 12.3 Å². The molecule has 1 aromatic carbocycles. The van der Waals surface area contributed by atoms with Crippen LogP contribution in [0.15, 0.2) is 12.1 Å². The van der Waals surface area contributed by atoms with Gasteiger partial charge < -0.3 is 24.4 Å². The Hall–Kier alpha value is -1.46. The number of hydrogen-bond acceptors (Lipinski definition) is 5. The molecule has 0 spiro atoms. The molecule has 2 rings (SSSR count). The van der Waals surface area contributed by atoms with E-state index in [0.29, 0.717) is 6.61 Å². The van der Waals surface area contributed by atoms with Crippen LogP contribution in [0.1, 0.15) is 26.3 Å². The van der Waals surface area contributed by atoms with E-state index in [2.05, 4.69) is 31.0 Å². The standard InChI is InChI=1S/C16H26N2O3/c1-16(2,3)17-10-12-8-14-15(21-11-20-14)9-13(12)19-7-6-18(4)5/h8-9,17H,6-7,10-11H2,1-5H3. The van der Waals surface area contributed by atoms with Gasteiger partial charge in [0.1, 0.15) is 12.4 Å². The molecule has 0 saturated carbocycles. The summed E-state index contributed by atoms with van der Waals surface area (Å²) in [5.41, 5.74) is 1.14. The second kappa shape index (κ2) is 6.54. The summed E-state index contributed by atoms with van der Waals surface area (Å²) in [5, 5.41) is 3.48. The smallest absolute Gasteiger partial charge is 0.231 e. The molecule has 0 aliphatic carbocycles. The van der Waals surface area contributed by atoms with Crippen LogP contribution in [0.2, 0.25) is 0 Å². The number of ether oxygens (including phenoxy) is 3. The molecule has 0 unspecified atom stereocenters. The number of likely N-dealkylation sites (N-methyl/N-ethyl adjacent to an activating group) is 1. The van der Waals surface area contributed by atoms with Gasteiger partial charge in [0.05, 0.1) is 0 Å². The Balaban J connectivity index is 2.11. The summed E-state index contributed by atoms with van der Waals surface area (Å²) in [7, 11) is 4.07. The van der Waals surface area contributed by atoms with Crippen molar-refractivity contribution < 1.29 is 14.2 Å². The summed E-state index contributed by atoms with van der Waals surface area (Å²) in [6, 6.07) is 3.93. The minimum Gasteiger partial charge on any atom is -0.492 e. The molecule has 5 nitrogen and oxygen atoms in total. The lowest BCUT2D eigenvalue weighted by molar-refractivity contribution is 0.173. The van der Waals surface area contributed by atoms with Crippen LogP contribution in [0.25, 0.3) is 0 Å². The molecule has 21 heavy (non-hydrogen) atoms. The van der Waals surface area contributed by atoms with Crippen molar-refractivity contribution in [3.05, 3.63) is 17.7 Å². The van der Waals surface area contributed by atoms with E-state index < -0.39 is 0 Å². The predicted octanol–water partition coefficient (Wildman–Crippen LogP) is 2.24. The van der Waals surface area contributed by atoms with Gasteiger partial charge in [-0.3, -0.25) is 0 Å². The number of hydrogen-bond donors (Lipinski definition) is 1. The Morgan fingerprint density at radius 2 is 1.86 bits per heavy atom. The molecule has 0 aromatic heterocycles. The average molecular weight is 294 g/mol. The lowest BCUT2D eigenvalue weighted by Gasteiger charge is -2.22. The maximum Gasteiger partial charge on any atom is 0.231 e. The Morgan fingerprint density at radius 1 is 1.19 bits per heavy atom. The summed E-state index contributed by atoms with van der Waals surface area (Å²) in [6.45, 7) is 8.97. The van der Waals surface area contributed by atoms with Crippen LogP contribution in [0.3, 0.4) is 0 Å². The van der Waals surface area contributed by atoms with Gasteiger partial charge in [-0.05, 0) is 40.9 Å². The maximum atomic E-state index is 5.92. The maximum absolute atomic E-state index is 5.92. The van der Waals surface area contributed by atoms with Crippen molar-refractivity contribution >= 4 is 0 Å². The van der Waals surface area contributed by atoms with Gasteiger partial charge in [0.25, 0.3) is 0 Å². The fourth-order valence-corrected chi connectivity index (χ4v) is 1.94. The second-order valence-electron chi connectivity index (χ2n) is 6.57. The first-order chi connectivity index (χ1) is 9.85. The molecule has 1 aliphatic heterocycles. The van der Waals surface area contributed by atoms with Crippen molar-refractivity contribution in [2.75, 3.05) is 34.0 Å². The van der Waals surface area contributed by atoms with Crippen molar-refractivity contribution in [2.24, 2.45) is 0 Å². The molecule has 0 fully saturated rings. The molecule has 5 heteroatoms. The number of rotatable bonds is 6. The van der Waals surface area contributed by atoms with Crippen LogP contribution >= 0.6 is 0 Å². The van der Waals surface area contributed by atoms with Gasteiger partial charge in [0.2, 0.25) is 6.79 Å². The lowest BCUT2D eigenvalue weighted by Crippen LogP contribution is -2.35. The largest absolute Gasteiger partial charge is 0.492 e. The predicted molar refractivity (Wildman–Crippen MR) is 83.2 cm³/mol. The van der Waals surface area contributed by atoms with E-state index in [1.165, 1.54) is 0 Å². The molecule has 0 saturated heterocycles. The first-order valence-corrected chi connectivity index (χ1v) is 7.30. The third-order valence-electron chi connectivity index (χ3n) is 3.16. The molecular formula is C16H26N2O3. The lowest BCUT2D eigenvalue weighted by atomic mass is 10.1. The van der Waals surface area contributed by atoms with E-state index in [1.54, 1.807) is 0 Å². The van der Waals surface area contributed by atoms with Crippen LogP contribution in [0.5, 0.6) is 17.2 Å². The minimum atomic E-state index is 0.0529. The van der Waals surface area contributed by atoms with Crippen molar-refractivity contribution in [3.8, 4) is 17.2 Å². The Bertz CT molecular complexity index is 481. The Kier molecular flexibility index (Phi) is 4.96. The molecule has 0 bridgehead atoms. The second-order valence-corrected chi connectivity index (χ2v) is 6.57. The first-order valence-electron chi connectivity index (χ1n) is 7.30. The number of fused-ring (bicyclic) bond motifs is 1. The molecule has 0 radical (unpaired) electrons. The SMILES string of the molecule is CN(C)CCOc1cc2c(cc1CNC(C)(C)C)OCO2. The van der Waals surface area contributed by atoms with Gasteiger partial charge >= 0.3 is 0 Å². The quantitative estimate of drug-likeness (QED) is 0.871. The third-order valence-corrected chi connectivity index (χ3v) is 3.16. The number of nitrogens with one attached hydrogen (secondary N) is 1. The molecule has 1 heterocycles. The topological polar surface area (TPSA) is 43.0 Å². The van der Waals surface area contributed by atoms with E-state index in [0.717, 1.165) is 35.9 Å². The van der Waals surface area contributed by atoms with Crippen LogP contribution < -0.4 is 19.5 Å². The fourth-order valence-electron chi connectivity index (χ4n) is 1.94. The van der Waals surface area contributed by atoms with Gasteiger partial charge in [-0.25, -0.2) is 0 Å². The van der Waals surface area contributed by atoms with E-state index in [1.807, 2.05) is 26.2 Å². The Morgan fingerprint density at radius 3 is 2.48 bits per heavy atom. The molecule has 1 aromatic rings. The van der Waals surface area contributed by atoms with Crippen LogP contribution in [0.4, 0.5) is 0 Å². The summed E-state index contributed by atoms with van der Waals surface area (Å²) in [6.07, 6.45) is 0. The van der Waals surface area contributed by atoms with Crippen LogP contribution in [-0.4, -0.2) is 44.5 Å². The summed E-state index contributed by atoms with van der Waals surface area (Å²) >= 11 is 0. The Labute approximate surface area is 127 Å². The van der Waals surface area contributed by atoms with E-state index in [9.17, 15) is 0 Å². The molecule has 0 amide bonds. The molecule has 0 atom stereocenters. The molecule has 118 valence electrons. The zero-order valence-corrected chi connectivity index (χ0v) is 13.7. The highest BCUT2D eigenvalue weighted by Gasteiger charge is 2.19. The van der Waals surface area contributed by atoms with Gasteiger partial charge in [0.15, 0.2) is 11.5 Å². The van der Waals surface area contributed by atoms with Gasteiger partial charge in [-0.2, -0.15) is 0 Å². The van der Waals surface area contributed by atoms with Crippen LogP contribution in [-0.2, 0) is 6.54 Å². The zero-order valence-electron chi connectivity index (χ0n) is 13.7. The fraction of sp³-hybridized carbons (Fsp3) is 0.625. The highest BCUT2D eigenvalue weighted by Crippen LogP contribution is 2.38. The zero-order chi connectivity index (χ0) is 15.5. The first kappa shape index (κ1) is 15.9. The van der Waals surface area contributed by atoms with Crippen LogP contribution in [0, 0.1) is 0 Å². The van der Waals surface area contributed by atoms with Crippen molar-refractivity contribution in [3.63, 3.8) is 0 Å². The highest BCUT2D eigenvalue weighted by atomic mass is 16.7. The summed E-state index contributed by atoms with van der Waals surface area (Å²) in [5.74, 6) is 2.41. The average Bonchev–Trinajstić information content (AvgIpc) is 2.81. The number of nitrogens with zero attached hydrogens (tertiary/aromatic N) is 1. The van der Waals surface area contributed by atoms with Gasteiger partial charge in [-0.1, -0.05) is 0 Å². The molecular weight excluding hydrogens is 268 g/mol. The van der Waals surface area contributed by atoms with Crippen molar-refractivity contribution in [1.29, 1.82) is 0 Å². The molecule has 1 N–H and O–H groups in total. The van der Waals surface area contributed by atoms with E-state index >= 15 is 0 Å². The number of benzene rings is 1. The van der Waals surface area contributed by atoms with Crippen molar-refractivity contribution in [1.82, 2.24) is 10.2 Å². The van der Waals surface area contributed by atoms with Crippen molar-refractivity contribution in [2.45, 2.75) is 32.9 Å². The third kappa shape index (κ3) is 4.79. The summed E-state index contributed by atoms with van der Waals surface area (Å²) < 4.78 is 16.8. The van der Waals surface area contributed by atoms with Gasteiger partial charge in [-0.15, -0.1) is 0 Å². The summed E-state index contributed by atoms with van der Waals surface area (Å²) in [4.78, 5) is 2.10. The monoisotopic (exact) mass is 294 g/mol. The van der Waals surface area contributed by atoms with E-state index in [4.69, 9.17) is 14.2 Å². The highest BCUT2D eigenvalue weighted by molar-refractivity contribution is 5.51.